The van der Waals surface area contributed by atoms with E-state index in [0.717, 1.165) is 65.5 Å². The maximum Gasteiger partial charge on any atom is 0.191 e. The Kier molecular flexibility index (Phi) is 5.20. The van der Waals surface area contributed by atoms with Gasteiger partial charge in [0.05, 0.1) is 51.0 Å². The van der Waals surface area contributed by atoms with E-state index < -0.39 is 5.72 Å². The normalized spacial score (nSPS) is 26.2. The molecule has 4 heterocycles. The Morgan fingerprint density at radius 1 is 1.15 bits per heavy atom. The molecule has 2 aromatic carbocycles. The van der Waals surface area contributed by atoms with Gasteiger partial charge in [0.15, 0.2) is 23.0 Å². The lowest BCUT2D eigenvalue weighted by atomic mass is 9.92. The van der Waals surface area contributed by atoms with Crippen molar-refractivity contribution in [2.75, 3.05) is 20.2 Å². The van der Waals surface area contributed by atoms with E-state index in [4.69, 9.17) is 13.9 Å². The number of rotatable bonds is 4. The zero-order chi connectivity index (χ0) is 22.4. The summed E-state index contributed by atoms with van der Waals surface area (Å²) in [6, 6.07) is 18.8. The molecule has 0 aliphatic carbocycles. The zero-order valence-corrected chi connectivity index (χ0v) is 20.1. The van der Waals surface area contributed by atoms with Crippen LogP contribution in [0.3, 0.4) is 0 Å². The lowest BCUT2D eigenvalue weighted by Gasteiger charge is -2.50. The number of furan rings is 1. The number of hydrogen-bond acceptors (Lipinski definition) is 5. The van der Waals surface area contributed by atoms with Crippen molar-refractivity contribution in [3.8, 4) is 11.5 Å². The molecular weight excluding hydrogens is 482 g/mol. The first-order chi connectivity index (χ1) is 16.1. The van der Waals surface area contributed by atoms with Crippen LogP contribution in [0, 0.1) is 0 Å². The van der Waals surface area contributed by atoms with Crippen molar-refractivity contribution >= 4 is 21.6 Å². The summed E-state index contributed by atoms with van der Waals surface area (Å²) in [5.41, 5.74) is 6.61. The number of methoxy groups -OCH3 is 1. The van der Waals surface area contributed by atoms with Crippen LogP contribution >= 0.6 is 15.9 Å². The predicted molar refractivity (Wildman–Crippen MR) is 129 cm³/mol. The molecule has 33 heavy (non-hydrogen) atoms. The molecule has 170 valence electrons. The van der Waals surface area contributed by atoms with Gasteiger partial charge in [0.2, 0.25) is 0 Å². The summed E-state index contributed by atoms with van der Waals surface area (Å²) in [6.07, 6.45) is 5.77. The monoisotopic (exact) mass is 508 g/mol. The molecule has 0 bridgehead atoms. The first kappa shape index (κ1) is 20.8. The standard InChI is InChI=1S/C26H26BrN3O3/c1-31-24-15-19(27)14-20-22-16-21(23-8-5-13-32-23)28-30(22)26(33-25(20)24)9-11-29(12-10-26)17-18-6-3-2-4-7-18/h2-8,13-16,22,28H,9-12,17H2,1H3/p+1. The van der Waals surface area contributed by atoms with Crippen molar-refractivity contribution in [2.45, 2.75) is 31.2 Å². The Morgan fingerprint density at radius 2 is 1.97 bits per heavy atom. The predicted octanol–water partition coefficient (Wildman–Crippen LogP) is 3.92. The average molecular weight is 509 g/mol. The Hall–Kier alpha value is -2.74. The Labute approximate surface area is 201 Å². The van der Waals surface area contributed by atoms with E-state index in [2.05, 4.69) is 68.8 Å². The van der Waals surface area contributed by atoms with Gasteiger partial charge in [-0.3, -0.25) is 0 Å². The quantitative estimate of drug-likeness (QED) is 0.559. The molecule has 6 rings (SSSR count). The number of benzene rings is 2. The van der Waals surface area contributed by atoms with Gasteiger partial charge < -0.3 is 24.2 Å². The zero-order valence-electron chi connectivity index (χ0n) is 18.5. The van der Waals surface area contributed by atoms with Crippen LogP contribution in [0.2, 0.25) is 0 Å². The van der Waals surface area contributed by atoms with E-state index in [0.29, 0.717) is 0 Å². The number of fused-ring (bicyclic) bond motifs is 4. The molecule has 3 aliphatic heterocycles. The molecular formula is C26H27BrN3O3+. The van der Waals surface area contributed by atoms with Gasteiger partial charge in [-0.1, -0.05) is 46.3 Å². The number of hydrogen-bond donors (Lipinski definition) is 2. The van der Waals surface area contributed by atoms with Crippen LogP contribution < -0.4 is 19.8 Å². The topological polar surface area (TPSA) is 51.3 Å². The highest BCUT2D eigenvalue weighted by Crippen LogP contribution is 2.51. The largest absolute Gasteiger partial charge is 0.493 e. The molecule has 3 aromatic rings. The van der Waals surface area contributed by atoms with Gasteiger partial charge in [-0.2, -0.15) is 5.01 Å². The van der Waals surface area contributed by atoms with Crippen LogP contribution in [0.4, 0.5) is 0 Å². The van der Waals surface area contributed by atoms with Crippen LogP contribution in [0.5, 0.6) is 11.5 Å². The third-order valence-corrected chi connectivity index (χ3v) is 7.44. The molecule has 0 saturated carbocycles. The molecule has 1 spiro atoms. The van der Waals surface area contributed by atoms with E-state index in [1.165, 1.54) is 5.56 Å². The highest BCUT2D eigenvalue weighted by atomic mass is 79.9. The number of quaternary nitrogens is 1. The van der Waals surface area contributed by atoms with Crippen molar-refractivity contribution in [2.24, 2.45) is 0 Å². The number of ether oxygens (including phenoxy) is 2. The van der Waals surface area contributed by atoms with Gasteiger partial charge in [0.1, 0.15) is 6.54 Å². The molecule has 2 N–H and O–H groups in total. The first-order valence-electron chi connectivity index (χ1n) is 11.4. The van der Waals surface area contributed by atoms with Crippen LogP contribution in [0.15, 0.2) is 75.8 Å². The summed E-state index contributed by atoms with van der Waals surface area (Å²) in [6.45, 7) is 3.10. The molecule has 1 fully saturated rings. The minimum absolute atomic E-state index is 0.0240. The smallest absolute Gasteiger partial charge is 0.191 e. The van der Waals surface area contributed by atoms with Crippen molar-refractivity contribution in [1.29, 1.82) is 0 Å². The lowest BCUT2D eigenvalue weighted by Crippen LogP contribution is -3.12. The third-order valence-electron chi connectivity index (χ3n) is 6.98. The van der Waals surface area contributed by atoms with Gasteiger partial charge in [-0.15, -0.1) is 0 Å². The van der Waals surface area contributed by atoms with Gasteiger partial charge in [0.25, 0.3) is 0 Å². The minimum atomic E-state index is -0.455. The van der Waals surface area contributed by atoms with E-state index >= 15 is 0 Å². The fraction of sp³-hybridized carbons (Fsp3) is 0.308. The summed E-state index contributed by atoms with van der Waals surface area (Å²) in [4.78, 5) is 1.58. The maximum atomic E-state index is 6.86. The molecule has 0 amide bonds. The number of nitrogens with zero attached hydrogens (tertiary/aromatic N) is 1. The number of likely N-dealkylation sites (tertiary alicyclic amines) is 1. The summed E-state index contributed by atoms with van der Waals surface area (Å²) in [5.74, 6) is 2.43. The number of nitrogens with one attached hydrogen (secondary N) is 2. The van der Waals surface area contributed by atoms with Gasteiger partial charge >= 0.3 is 0 Å². The van der Waals surface area contributed by atoms with E-state index in [9.17, 15) is 0 Å². The molecule has 1 aromatic heterocycles. The van der Waals surface area contributed by atoms with Gasteiger partial charge in [0, 0.05) is 15.6 Å². The van der Waals surface area contributed by atoms with Crippen LogP contribution in [0.25, 0.3) is 5.70 Å². The fourth-order valence-corrected chi connectivity index (χ4v) is 5.78. The maximum absolute atomic E-state index is 6.86. The fourth-order valence-electron chi connectivity index (χ4n) is 5.33. The third kappa shape index (κ3) is 3.64. The number of halogens is 1. The van der Waals surface area contributed by atoms with E-state index in [1.807, 2.05) is 18.2 Å². The lowest BCUT2D eigenvalue weighted by molar-refractivity contribution is -0.921. The molecule has 0 radical (unpaired) electrons. The molecule has 1 saturated heterocycles. The Balaban J connectivity index is 1.33. The number of hydrazine groups is 1. The molecule has 6 nitrogen and oxygen atoms in total. The van der Waals surface area contributed by atoms with Crippen molar-refractivity contribution < 1.29 is 18.8 Å². The molecule has 1 atom stereocenters. The highest BCUT2D eigenvalue weighted by Gasteiger charge is 2.53. The average Bonchev–Trinajstić information content (AvgIpc) is 3.52. The van der Waals surface area contributed by atoms with Crippen molar-refractivity contribution in [1.82, 2.24) is 10.4 Å². The van der Waals surface area contributed by atoms with E-state index in [-0.39, 0.29) is 6.04 Å². The van der Waals surface area contributed by atoms with Gasteiger partial charge in [-0.25, -0.2) is 0 Å². The number of piperidine rings is 1. The summed E-state index contributed by atoms with van der Waals surface area (Å²) in [7, 11) is 1.70. The highest BCUT2D eigenvalue weighted by molar-refractivity contribution is 9.10. The van der Waals surface area contributed by atoms with Crippen molar-refractivity contribution in [3.63, 3.8) is 0 Å². The van der Waals surface area contributed by atoms with E-state index in [1.54, 1.807) is 18.3 Å². The summed E-state index contributed by atoms with van der Waals surface area (Å²) >= 11 is 3.64. The Morgan fingerprint density at radius 3 is 2.70 bits per heavy atom. The first-order valence-corrected chi connectivity index (χ1v) is 12.2. The second kappa shape index (κ2) is 8.24. The van der Waals surface area contributed by atoms with Crippen LogP contribution in [-0.4, -0.2) is 30.9 Å². The molecule has 1 unspecified atom stereocenters. The molecule has 3 aliphatic rings. The second-order valence-corrected chi connectivity index (χ2v) is 9.89. The minimum Gasteiger partial charge on any atom is -0.493 e. The van der Waals surface area contributed by atoms with Crippen LogP contribution in [0.1, 0.15) is 35.8 Å². The second-order valence-electron chi connectivity index (χ2n) is 8.97. The Bertz CT molecular complexity index is 1170. The summed E-state index contributed by atoms with van der Waals surface area (Å²) < 4.78 is 19.3. The SMILES string of the molecule is COc1cc(Br)cc2c1OC1(CC[NH+](Cc3ccccc3)CC1)N1NC(c3ccco3)=CC21. The van der Waals surface area contributed by atoms with Crippen molar-refractivity contribution in [3.05, 3.63) is 88.3 Å². The van der Waals surface area contributed by atoms with Gasteiger partial charge in [-0.05, 0) is 30.3 Å². The van der Waals surface area contributed by atoms with Crippen LogP contribution in [-0.2, 0) is 6.54 Å². The summed E-state index contributed by atoms with van der Waals surface area (Å²) in [5, 5.41) is 2.29. The molecule has 7 heteroatoms.